The van der Waals surface area contributed by atoms with Crippen molar-refractivity contribution in [2.75, 3.05) is 25.5 Å². The molecule has 4 amide bonds. The Morgan fingerprint density at radius 2 is 1.65 bits per heavy atom. The van der Waals surface area contributed by atoms with Crippen molar-refractivity contribution in [3.8, 4) is 21.9 Å². The summed E-state index contributed by atoms with van der Waals surface area (Å²) < 4.78 is 18.2. The van der Waals surface area contributed by atoms with Crippen LogP contribution in [0.25, 0.3) is 10.4 Å². The zero-order valence-corrected chi connectivity index (χ0v) is 41.4. The van der Waals surface area contributed by atoms with Gasteiger partial charge in [0.1, 0.15) is 36.3 Å². The van der Waals surface area contributed by atoms with Crippen molar-refractivity contribution in [2.24, 2.45) is 16.2 Å². The Bertz CT molecular complexity index is 2310. The van der Waals surface area contributed by atoms with Gasteiger partial charge in [-0.2, -0.15) is 0 Å². The van der Waals surface area contributed by atoms with Crippen LogP contribution in [0.1, 0.15) is 109 Å². The van der Waals surface area contributed by atoms with Gasteiger partial charge in [0.05, 0.1) is 32.9 Å². The van der Waals surface area contributed by atoms with Crippen LogP contribution >= 0.6 is 22.9 Å². The summed E-state index contributed by atoms with van der Waals surface area (Å²) in [7, 11) is 0. The van der Waals surface area contributed by atoms with Gasteiger partial charge in [0.25, 0.3) is 5.91 Å². The van der Waals surface area contributed by atoms with Crippen LogP contribution in [0.4, 0.5) is 5.69 Å². The quantitative estimate of drug-likeness (QED) is 0.0530. The molecule has 4 aromatic rings. The lowest BCUT2D eigenvalue weighted by atomic mass is 9.49. The third-order valence-electron chi connectivity index (χ3n) is 12.9. The largest absolute Gasteiger partial charge is 0.491 e. The number of rotatable bonds is 19. The van der Waals surface area contributed by atoms with Crippen LogP contribution in [0.5, 0.6) is 11.5 Å². The number of nitrogens with zero attached hydrogens (tertiary/aromatic N) is 2. The molecule has 13 nitrogen and oxygen atoms in total. The summed E-state index contributed by atoms with van der Waals surface area (Å²) in [6.07, 6.45) is 3.30. The predicted molar refractivity (Wildman–Crippen MR) is 261 cm³/mol. The molecule has 66 heavy (non-hydrogen) atoms. The summed E-state index contributed by atoms with van der Waals surface area (Å²) in [5.74, 6) is 0.283. The normalized spacial score (nSPS) is 19.5. The molecule has 1 aromatic heterocycles. The lowest BCUT2D eigenvalue weighted by Gasteiger charge is -2.63. The van der Waals surface area contributed by atoms with E-state index in [1.165, 1.54) is 0 Å². The van der Waals surface area contributed by atoms with Crippen LogP contribution < -0.4 is 31.2 Å². The van der Waals surface area contributed by atoms with Gasteiger partial charge < -0.3 is 40.8 Å². The maximum Gasteiger partial charge on any atom is 0.251 e. The Morgan fingerprint density at radius 1 is 0.970 bits per heavy atom. The highest BCUT2D eigenvalue weighted by Gasteiger charge is 2.64. The summed E-state index contributed by atoms with van der Waals surface area (Å²) in [5, 5.41) is 9.60. The van der Waals surface area contributed by atoms with E-state index < -0.39 is 17.5 Å². The number of unbranched alkanes of at least 4 members (excludes halogenated alkanes) is 1. The zero-order valence-electron chi connectivity index (χ0n) is 39.8. The molecular formula is C51H67ClN6O7S. The van der Waals surface area contributed by atoms with Crippen LogP contribution in [0.2, 0.25) is 5.02 Å². The molecule has 5 N–H and O–H groups in total. The van der Waals surface area contributed by atoms with Crippen LogP contribution in [0, 0.1) is 23.2 Å². The number of amides is 4. The molecule has 0 radical (unpaired) electrons. The summed E-state index contributed by atoms with van der Waals surface area (Å²) in [4.78, 5) is 60.9. The number of likely N-dealkylation sites (tertiary alicyclic amines) is 1. The minimum absolute atomic E-state index is 0.0853. The summed E-state index contributed by atoms with van der Waals surface area (Å²) >= 11 is 7.82. The minimum Gasteiger partial charge on any atom is -0.491 e. The molecule has 0 bridgehead atoms. The van der Waals surface area contributed by atoms with Crippen molar-refractivity contribution in [1.82, 2.24) is 25.8 Å². The standard InChI is InChI=1S/C51H67ClN6O7S/c1-31(64-36-21-19-35(20-22-36)44(60)57-47-50(6,7)48(51(47,8)9)65-37-23-24-39(53)38(52)27-37)13-10-11-26-63-29-41(59)56-43(49(3,4)5)46(62)58-25-12-14-40(58)45(61)54-28-33-15-17-34(18-16-33)42-32(2)55-30-66-42/h15-24,27,30-31,40,43,47-48H,10-14,25-26,28-29,53H2,1-9H3,(H,54,61)(H,56,59)(H,57,60)/t31?,40-,43?,47?,48?/m0/s1. The van der Waals surface area contributed by atoms with Gasteiger partial charge in [-0.15, -0.1) is 11.3 Å². The van der Waals surface area contributed by atoms with Crippen LogP contribution in [0.15, 0.2) is 72.2 Å². The van der Waals surface area contributed by atoms with Gasteiger partial charge in [-0.3, -0.25) is 19.2 Å². The van der Waals surface area contributed by atoms with E-state index in [9.17, 15) is 19.2 Å². The summed E-state index contributed by atoms with van der Waals surface area (Å²) in [6, 6.07) is 18.9. The van der Waals surface area contributed by atoms with Crippen molar-refractivity contribution >= 4 is 52.3 Å². The first-order chi connectivity index (χ1) is 31.2. The average molecular weight is 944 g/mol. The smallest absolute Gasteiger partial charge is 0.251 e. The van der Waals surface area contributed by atoms with Crippen molar-refractivity contribution in [3.05, 3.63) is 94.1 Å². The number of ether oxygens (including phenoxy) is 3. The van der Waals surface area contributed by atoms with E-state index in [0.717, 1.165) is 41.0 Å². The Balaban J connectivity index is 0.882. The summed E-state index contributed by atoms with van der Waals surface area (Å²) in [6.45, 7) is 19.0. The molecule has 1 saturated heterocycles. The van der Waals surface area contributed by atoms with Gasteiger partial charge in [-0.05, 0) is 98.9 Å². The van der Waals surface area contributed by atoms with E-state index in [1.807, 2.05) is 76.5 Å². The third-order valence-corrected chi connectivity index (χ3v) is 14.2. The minimum atomic E-state index is -0.830. The number of aromatic nitrogens is 1. The number of nitrogen functional groups attached to an aromatic ring is 1. The van der Waals surface area contributed by atoms with Crippen molar-refractivity contribution in [1.29, 1.82) is 0 Å². The van der Waals surface area contributed by atoms with Crippen molar-refractivity contribution in [3.63, 3.8) is 0 Å². The monoisotopic (exact) mass is 942 g/mol. The topological polar surface area (TPSA) is 174 Å². The first-order valence-electron chi connectivity index (χ1n) is 22.9. The Morgan fingerprint density at radius 3 is 2.29 bits per heavy atom. The number of benzene rings is 3. The average Bonchev–Trinajstić information content (AvgIpc) is 3.94. The van der Waals surface area contributed by atoms with Gasteiger partial charge >= 0.3 is 0 Å². The lowest BCUT2D eigenvalue weighted by Crippen LogP contribution is -2.74. The second-order valence-electron chi connectivity index (χ2n) is 20.0. The van der Waals surface area contributed by atoms with Crippen LogP contribution in [-0.4, -0.2) is 83.6 Å². The number of halogens is 1. The van der Waals surface area contributed by atoms with E-state index in [-0.39, 0.29) is 59.3 Å². The van der Waals surface area contributed by atoms with Gasteiger partial charge in [0, 0.05) is 48.2 Å². The second-order valence-corrected chi connectivity index (χ2v) is 21.2. The first-order valence-corrected chi connectivity index (χ1v) is 24.2. The van der Waals surface area contributed by atoms with Crippen molar-refractivity contribution < 1.29 is 33.4 Å². The molecule has 3 aromatic carbocycles. The maximum atomic E-state index is 14.0. The fraction of sp³-hybridized carbons (Fsp3) is 0.510. The number of nitrogens with one attached hydrogen (secondary N) is 3. The van der Waals surface area contributed by atoms with E-state index >= 15 is 0 Å². The molecule has 15 heteroatoms. The molecule has 356 valence electrons. The molecule has 2 aliphatic rings. The fourth-order valence-electron chi connectivity index (χ4n) is 9.49. The maximum absolute atomic E-state index is 14.0. The summed E-state index contributed by atoms with van der Waals surface area (Å²) in [5.41, 5.74) is 10.5. The molecule has 3 atom stereocenters. The molecule has 2 heterocycles. The van der Waals surface area contributed by atoms with Crippen molar-refractivity contribution in [2.45, 2.75) is 131 Å². The number of hydrogen-bond acceptors (Lipinski definition) is 10. The number of nitrogens with two attached hydrogens (primary N) is 1. The molecular weight excluding hydrogens is 876 g/mol. The Hall–Kier alpha value is -5.18. The van der Waals surface area contributed by atoms with E-state index in [4.69, 9.17) is 31.5 Å². The Kier molecular flexibility index (Phi) is 16.1. The van der Waals surface area contributed by atoms with Gasteiger partial charge in [0.2, 0.25) is 17.7 Å². The Labute approximate surface area is 398 Å². The fourth-order valence-corrected chi connectivity index (χ4v) is 10.5. The molecule has 1 aliphatic heterocycles. The molecule has 0 spiro atoms. The number of thiazole rings is 1. The van der Waals surface area contributed by atoms with Gasteiger partial charge in [-0.1, -0.05) is 84.3 Å². The lowest BCUT2D eigenvalue weighted by molar-refractivity contribution is -0.164. The highest BCUT2D eigenvalue weighted by molar-refractivity contribution is 7.13. The van der Waals surface area contributed by atoms with Crippen LogP contribution in [0.3, 0.4) is 0 Å². The van der Waals surface area contributed by atoms with E-state index in [1.54, 1.807) is 46.6 Å². The van der Waals surface area contributed by atoms with Gasteiger partial charge in [0.15, 0.2) is 0 Å². The molecule has 2 fully saturated rings. The predicted octanol–water partition coefficient (Wildman–Crippen LogP) is 8.76. The SMILES string of the molecule is Cc1ncsc1-c1ccc(CNC(=O)[C@@H]2CCCN2C(=O)C(NC(=O)COCCCCC(C)Oc2ccc(C(=O)NC3C(C)(C)C(Oc4ccc(N)c(Cl)c4)C3(C)C)cc2)C(C)(C)C)cc1. The zero-order chi connectivity index (χ0) is 48.0. The number of anilines is 1. The first kappa shape index (κ1) is 50.2. The molecule has 1 aliphatic carbocycles. The molecule has 2 unspecified atom stereocenters. The number of hydrogen-bond donors (Lipinski definition) is 4. The number of carbonyl (C=O) groups is 4. The third kappa shape index (κ3) is 12.0. The number of carbonyl (C=O) groups excluding carboxylic acids is 4. The van der Waals surface area contributed by atoms with Gasteiger partial charge in [-0.25, -0.2) is 4.98 Å². The highest BCUT2D eigenvalue weighted by Crippen LogP contribution is 2.55. The molecule has 1 saturated carbocycles. The van der Waals surface area contributed by atoms with E-state index in [0.29, 0.717) is 60.3 Å². The number of aryl methyl sites for hydroxylation is 1. The van der Waals surface area contributed by atoms with Crippen LogP contribution in [-0.2, 0) is 25.7 Å². The second kappa shape index (κ2) is 21.2. The molecule has 6 rings (SSSR count). The van der Waals surface area contributed by atoms with E-state index in [2.05, 4.69) is 48.6 Å². The highest BCUT2D eigenvalue weighted by atomic mass is 35.5.